The number of nitrogens with zero attached hydrogens (tertiary/aromatic N) is 2. The zero-order valence-corrected chi connectivity index (χ0v) is 11.3. The van der Waals surface area contributed by atoms with Crippen molar-refractivity contribution in [3.05, 3.63) is 34.4 Å². The molecule has 6 nitrogen and oxygen atoms in total. The number of fused-ring (bicyclic) bond motifs is 1. The Labute approximate surface area is 124 Å². The van der Waals surface area contributed by atoms with Crippen molar-refractivity contribution in [2.75, 3.05) is 5.73 Å². The SMILES string of the molecule is [2H]c1cc(N)c2c(=O)n(C3([2H])C(=O)CC(=O)CC3[2H])c(C)nc2c1. The van der Waals surface area contributed by atoms with Crippen LogP contribution in [0.5, 0.6) is 0 Å². The molecule has 1 aliphatic rings. The summed E-state index contributed by atoms with van der Waals surface area (Å²) in [5.41, 5.74) is 5.32. The molecule has 2 N–H and O–H groups in total. The number of ketones is 2. The molecular weight excluding hydrogens is 270 g/mol. The largest absolute Gasteiger partial charge is 0.398 e. The fraction of sp³-hybridized carbons (Fsp3) is 0.333. The van der Waals surface area contributed by atoms with Gasteiger partial charge in [0, 0.05) is 13.5 Å². The smallest absolute Gasteiger partial charge is 0.264 e. The first-order valence-corrected chi connectivity index (χ1v) is 6.43. The maximum Gasteiger partial charge on any atom is 0.264 e. The number of anilines is 1. The fourth-order valence-corrected chi connectivity index (χ4v) is 2.47. The first-order chi connectivity index (χ1) is 11.2. The lowest BCUT2D eigenvalue weighted by atomic mass is 9.92. The number of Topliss-reactive ketones (excluding diaryl/α,β-unsaturated/α-hetero) is 2. The van der Waals surface area contributed by atoms with E-state index in [-0.39, 0.29) is 34.9 Å². The van der Waals surface area contributed by atoms with Crippen molar-refractivity contribution in [3.8, 4) is 0 Å². The van der Waals surface area contributed by atoms with Crippen molar-refractivity contribution in [1.29, 1.82) is 0 Å². The van der Waals surface area contributed by atoms with Gasteiger partial charge in [-0.2, -0.15) is 0 Å². The third-order valence-corrected chi connectivity index (χ3v) is 3.43. The maximum absolute atomic E-state index is 12.9. The minimum Gasteiger partial charge on any atom is -0.398 e. The Morgan fingerprint density at radius 1 is 1.48 bits per heavy atom. The summed E-state index contributed by atoms with van der Waals surface area (Å²) in [6.07, 6.45) is -2.16. The van der Waals surface area contributed by atoms with E-state index in [9.17, 15) is 14.4 Å². The third-order valence-electron chi connectivity index (χ3n) is 3.43. The van der Waals surface area contributed by atoms with Crippen molar-refractivity contribution in [3.63, 3.8) is 0 Å². The van der Waals surface area contributed by atoms with E-state index in [1.807, 2.05) is 0 Å². The van der Waals surface area contributed by atoms with Crippen LogP contribution in [0.4, 0.5) is 5.69 Å². The molecule has 0 amide bonds. The number of rotatable bonds is 1. The van der Waals surface area contributed by atoms with Gasteiger partial charge < -0.3 is 5.73 Å². The number of aryl methyl sites for hydroxylation is 1. The number of carbonyl (C=O) groups excluding carboxylic acids is 2. The Bertz CT molecular complexity index is 956. The molecule has 0 aliphatic heterocycles. The van der Waals surface area contributed by atoms with E-state index in [4.69, 9.17) is 9.85 Å². The molecule has 0 bridgehead atoms. The maximum atomic E-state index is 12.9. The van der Waals surface area contributed by atoms with Crippen LogP contribution in [0.15, 0.2) is 23.0 Å². The number of hydrogen-bond donors (Lipinski definition) is 1. The fourth-order valence-electron chi connectivity index (χ4n) is 2.47. The number of carbonyl (C=O) groups is 2. The molecule has 1 aliphatic carbocycles. The Morgan fingerprint density at radius 2 is 2.24 bits per heavy atom. The summed E-state index contributed by atoms with van der Waals surface area (Å²) in [4.78, 5) is 40.9. The van der Waals surface area contributed by atoms with Gasteiger partial charge in [-0.25, -0.2) is 4.98 Å². The van der Waals surface area contributed by atoms with Crippen LogP contribution in [-0.2, 0) is 9.59 Å². The summed E-state index contributed by atoms with van der Waals surface area (Å²) >= 11 is 0. The highest BCUT2D eigenvalue weighted by atomic mass is 16.2. The molecule has 0 radical (unpaired) electrons. The molecule has 1 saturated carbocycles. The molecule has 6 heteroatoms. The standard InChI is InChI=1S/C15H15N3O3/c1-8-17-11-4-2-3-10(16)14(11)15(21)18(8)12-6-5-9(19)7-13(12)20/h2-4,12H,5-7,16H2,1H3/i2D,6D,12D. The molecule has 1 heterocycles. The first kappa shape index (κ1) is 10.3. The van der Waals surface area contributed by atoms with E-state index < -0.39 is 36.0 Å². The number of nitrogens with two attached hydrogens (primary N) is 1. The summed E-state index contributed by atoms with van der Waals surface area (Å²) < 4.78 is 25.0. The van der Waals surface area contributed by atoms with E-state index in [2.05, 4.69) is 4.98 Å². The van der Waals surface area contributed by atoms with Gasteiger partial charge >= 0.3 is 0 Å². The molecule has 0 saturated heterocycles. The van der Waals surface area contributed by atoms with Gasteiger partial charge in [-0.15, -0.1) is 0 Å². The van der Waals surface area contributed by atoms with E-state index in [1.165, 1.54) is 19.1 Å². The number of aromatic nitrogens is 2. The lowest BCUT2D eigenvalue weighted by molar-refractivity contribution is -0.132. The topological polar surface area (TPSA) is 95.0 Å². The normalized spacial score (nSPS) is 28.2. The van der Waals surface area contributed by atoms with Gasteiger partial charge in [0.05, 0.1) is 26.1 Å². The molecule has 108 valence electrons. The minimum absolute atomic E-state index is 0.000116. The van der Waals surface area contributed by atoms with Gasteiger partial charge in [0.2, 0.25) is 0 Å². The number of benzene rings is 1. The molecule has 1 fully saturated rings. The van der Waals surface area contributed by atoms with Gasteiger partial charge in [0.15, 0.2) is 5.78 Å². The quantitative estimate of drug-likeness (QED) is 0.627. The van der Waals surface area contributed by atoms with Crippen LogP contribution in [0.1, 0.15) is 35.2 Å². The Morgan fingerprint density at radius 3 is 2.95 bits per heavy atom. The molecule has 0 spiro atoms. The average molecular weight is 288 g/mol. The lowest BCUT2D eigenvalue weighted by Gasteiger charge is -2.24. The van der Waals surface area contributed by atoms with Gasteiger partial charge in [0.25, 0.3) is 5.56 Å². The van der Waals surface area contributed by atoms with Crippen LogP contribution >= 0.6 is 0 Å². The van der Waals surface area contributed by atoms with Crippen molar-refractivity contribution >= 4 is 28.2 Å². The molecule has 2 unspecified atom stereocenters. The first-order valence-electron chi connectivity index (χ1n) is 8.01. The van der Waals surface area contributed by atoms with Crippen LogP contribution in [0, 0.1) is 6.92 Å². The highest BCUT2D eigenvalue weighted by Crippen LogP contribution is 2.24. The zero-order chi connectivity index (χ0) is 17.8. The van der Waals surface area contributed by atoms with Crippen molar-refractivity contribution < 1.29 is 13.7 Å². The molecule has 2 aromatic rings. The second-order valence-corrected chi connectivity index (χ2v) is 4.90. The van der Waals surface area contributed by atoms with Crippen molar-refractivity contribution in [2.45, 2.75) is 32.2 Å². The van der Waals surface area contributed by atoms with Crippen molar-refractivity contribution in [2.24, 2.45) is 0 Å². The van der Waals surface area contributed by atoms with E-state index in [0.29, 0.717) is 0 Å². The summed E-state index contributed by atoms with van der Waals surface area (Å²) in [7, 11) is 0. The van der Waals surface area contributed by atoms with Crippen LogP contribution in [0.2, 0.25) is 0 Å². The highest BCUT2D eigenvalue weighted by molar-refractivity contribution is 6.03. The second kappa shape index (κ2) is 4.80. The predicted octanol–water partition coefficient (Wildman–Crippen LogP) is 1.15. The minimum atomic E-state index is -2.22. The molecule has 2 atom stereocenters. The number of nitrogen functional groups attached to an aromatic ring is 1. The van der Waals surface area contributed by atoms with Gasteiger partial charge in [0.1, 0.15) is 11.6 Å². The van der Waals surface area contributed by atoms with Crippen LogP contribution < -0.4 is 11.3 Å². The molecule has 1 aromatic heterocycles. The van der Waals surface area contributed by atoms with Crippen LogP contribution in [0.25, 0.3) is 10.9 Å². The summed E-state index contributed by atoms with van der Waals surface area (Å²) in [5, 5.41) is 0.000116. The monoisotopic (exact) mass is 288 g/mol. The van der Waals surface area contributed by atoms with Gasteiger partial charge in [-0.1, -0.05) is 6.04 Å². The van der Waals surface area contributed by atoms with Crippen LogP contribution in [0.3, 0.4) is 0 Å². The van der Waals surface area contributed by atoms with Crippen LogP contribution in [-0.4, -0.2) is 21.1 Å². The highest BCUT2D eigenvalue weighted by Gasteiger charge is 2.30. The van der Waals surface area contributed by atoms with Crippen molar-refractivity contribution in [1.82, 2.24) is 9.55 Å². The molecule has 3 rings (SSSR count). The van der Waals surface area contributed by atoms with Gasteiger partial charge in [-0.05, 0) is 25.5 Å². The number of hydrogen-bond acceptors (Lipinski definition) is 5. The predicted molar refractivity (Wildman–Crippen MR) is 78.1 cm³/mol. The Kier molecular flexibility index (Phi) is 2.35. The summed E-state index contributed by atoms with van der Waals surface area (Å²) in [5.74, 6) is -1.16. The zero-order valence-electron chi connectivity index (χ0n) is 14.3. The summed E-state index contributed by atoms with van der Waals surface area (Å²) in [6.45, 7) is 1.44. The molecule has 21 heavy (non-hydrogen) atoms. The molecule has 1 aromatic carbocycles. The second-order valence-electron chi connectivity index (χ2n) is 4.90. The third kappa shape index (κ3) is 2.12. The lowest BCUT2D eigenvalue weighted by Crippen LogP contribution is -2.36. The average Bonchev–Trinajstić information content (AvgIpc) is 2.43. The van der Waals surface area contributed by atoms with Gasteiger partial charge in [-0.3, -0.25) is 19.0 Å². The Hall–Kier alpha value is -2.50. The van der Waals surface area contributed by atoms with E-state index in [0.717, 1.165) is 4.57 Å². The Balaban J connectivity index is 2.36. The molecular formula is C15H15N3O3. The summed E-state index contributed by atoms with van der Waals surface area (Å²) in [6, 6.07) is 0.516. The van der Waals surface area contributed by atoms with E-state index >= 15 is 0 Å². The van der Waals surface area contributed by atoms with E-state index in [1.54, 1.807) is 0 Å².